The van der Waals surface area contributed by atoms with Gasteiger partial charge < -0.3 is 19.3 Å². The molecule has 1 fully saturated rings. The molecule has 0 atom stereocenters. The Morgan fingerprint density at radius 2 is 1.81 bits per heavy atom. The Labute approximate surface area is 161 Å². The van der Waals surface area contributed by atoms with Gasteiger partial charge in [-0.25, -0.2) is 4.98 Å². The number of carbonyl (C=O) groups is 1. The lowest BCUT2D eigenvalue weighted by Crippen LogP contribution is -2.49. The first-order valence-corrected chi connectivity index (χ1v) is 9.13. The first kappa shape index (κ1) is 17.2. The van der Waals surface area contributed by atoms with E-state index in [4.69, 9.17) is 32.7 Å². The molecule has 0 aliphatic carbocycles. The minimum atomic E-state index is -0.0671. The molecule has 2 aliphatic rings. The van der Waals surface area contributed by atoms with Crippen LogP contribution in [-0.4, -0.2) is 55.2 Å². The topological polar surface area (TPSA) is 54.9 Å². The van der Waals surface area contributed by atoms with E-state index in [9.17, 15) is 4.79 Å². The second-order valence-electron chi connectivity index (χ2n) is 6.08. The summed E-state index contributed by atoms with van der Waals surface area (Å²) in [5.74, 6) is 1.79. The minimum absolute atomic E-state index is 0.0671. The predicted octanol–water partition coefficient (Wildman–Crippen LogP) is 3.12. The fourth-order valence-electron chi connectivity index (χ4n) is 3.13. The monoisotopic (exact) mass is 393 g/mol. The molecule has 0 bridgehead atoms. The summed E-state index contributed by atoms with van der Waals surface area (Å²) in [7, 11) is 0. The first-order chi connectivity index (χ1) is 12.6. The summed E-state index contributed by atoms with van der Waals surface area (Å²) < 4.78 is 11.1. The Kier molecular flexibility index (Phi) is 4.78. The quantitative estimate of drug-likeness (QED) is 0.733. The van der Waals surface area contributed by atoms with Crippen molar-refractivity contribution in [2.24, 2.45) is 0 Å². The van der Waals surface area contributed by atoms with Gasteiger partial charge in [-0.15, -0.1) is 0 Å². The van der Waals surface area contributed by atoms with Crippen LogP contribution in [0.15, 0.2) is 30.3 Å². The number of piperazine rings is 1. The van der Waals surface area contributed by atoms with Gasteiger partial charge in [0.2, 0.25) is 0 Å². The van der Waals surface area contributed by atoms with Crippen molar-refractivity contribution in [1.29, 1.82) is 0 Å². The Balaban J connectivity index is 1.46. The van der Waals surface area contributed by atoms with Crippen molar-refractivity contribution in [3.05, 3.63) is 46.1 Å². The number of hydrogen-bond acceptors (Lipinski definition) is 5. The molecule has 1 aromatic carbocycles. The average molecular weight is 394 g/mol. The fourth-order valence-corrected chi connectivity index (χ4v) is 3.55. The largest absolute Gasteiger partial charge is 0.486 e. The predicted molar refractivity (Wildman–Crippen MR) is 99.8 cm³/mol. The van der Waals surface area contributed by atoms with Crippen LogP contribution in [0, 0.1) is 0 Å². The number of nitrogens with zero attached hydrogens (tertiary/aromatic N) is 3. The number of fused-ring (bicyclic) bond motifs is 1. The molecule has 1 saturated heterocycles. The molecule has 0 unspecified atom stereocenters. The van der Waals surface area contributed by atoms with Gasteiger partial charge in [-0.1, -0.05) is 29.3 Å². The smallest absolute Gasteiger partial charge is 0.254 e. The number of aromatic nitrogens is 1. The average Bonchev–Trinajstić information content (AvgIpc) is 2.67. The lowest BCUT2D eigenvalue weighted by atomic mass is 10.1. The maximum Gasteiger partial charge on any atom is 0.254 e. The highest BCUT2D eigenvalue weighted by molar-refractivity contribution is 6.32. The summed E-state index contributed by atoms with van der Waals surface area (Å²) in [6.07, 6.45) is 0. The molecule has 1 aromatic heterocycles. The van der Waals surface area contributed by atoms with Crippen molar-refractivity contribution < 1.29 is 14.3 Å². The van der Waals surface area contributed by atoms with Gasteiger partial charge in [0, 0.05) is 31.7 Å². The zero-order chi connectivity index (χ0) is 18.1. The number of halogens is 2. The van der Waals surface area contributed by atoms with Crippen molar-refractivity contribution in [3.8, 4) is 11.5 Å². The molecule has 8 heteroatoms. The SMILES string of the molecule is O=C(c1cc(Cl)c2c(c1)OCCO2)N1CCN(c2cccc(Cl)n2)CC1. The molecule has 2 aliphatic heterocycles. The lowest BCUT2D eigenvalue weighted by Gasteiger charge is -2.35. The highest BCUT2D eigenvalue weighted by atomic mass is 35.5. The van der Waals surface area contributed by atoms with Gasteiger partial charge in [-0.05, 0) is 24.3 Å². The normalized spacial score (nSPS) is 16.5. The molecule has 26 heavy (non-hydrogen) atoms. The van der Waals surface area contributed by atoms with Crippen molar-refractivity contribution in [1.82, 2.24) is 9.88 Å². The zero-order valence-electron chi connectivity index (χ0n) is 14.0. The van der Waals surface area contributed by atoms with E-state index in [1.807, 2.05) is 17.0 Å². The van der Waals surface area contributed by atoms with E-state index in [0.29, 0.717) is 66.6 Å². The number of anilines is 1. The summed E-state index contributed by atoms with van der Waals surface area (Å²) >= 11 is 12.2. The molecule has 1 amide bonds. The third-order valence-corrected chi connectivity index (χ3v) is 4.93. The summed E-state index contributed by atoms with van der Waals surface area (Å²) in [6.45, 7) is 3.48. The molecular formula is C18H17Cl2N3O3. The minimum Gasteiger partial charge on any atom is -0.486 e. The van der Waals surface area contributed by atoms with Crippen molar-refractivity contribution in [2.75, 3.05) is 44.3 Å². The Bertz CT molecular complexity index is 838. The van der Waals surface area contributed by atoms with Gasteiger partial charge >= 0.3 is 0 Å². The molecule has 0 N–H and O–H groups in total. The standard InChI is InChI=1S/C18H17Cl2N3O3/c19-13-10-12(11-14-17(13)26-9-8-25-14)18(24)23-6-4-22(5-7-23)16-3-1-2-15(20)21-16/h1-3,10-11H,4-9H2. The van der Waals surface area contributed by atoms with Crippen LogP contribution in [0.5, 0.6) is 11.5 Å². The van der Waals surface area contributed by atoms with Crippen LogP contribution in [0.1, 0.15) is 10.4 Å². The second-order valence-corrected chi connectivity index (χ2v) is 6.87. The number of ether oxygens (including phenoxy) is 2. The molecule has 136 valence electrons. The Morgan fingerprint density at radius 3 is 2.58 bits per heavy atom. The number of pyridine rings is 1. The van der Waals surface area contributed by atoms with E-state index in [1.165, 1.54) is 0 Å². The molecule has 2 aromatic rings. The lowest BCUT2D eigenvalue weighted by molar-refractivity contribution is 0.0745. The Morgan fingerprint density at radius 1 is 1.04 bits per heavy atom. The van der Waals surface area contributed by atoms with Gasteiger partial charge in [0.15, 0.2) is 11.5 Å². The third-order valence-electron chi connectivity index (χ3n) is 4.44. The van der Waals surface area contributed by atoms with E-state index in [2.05, 4.69) is 9.88 Å². The van der Waals surface area contributed by atoms with E-state index in [1.54, 1.807) is 18.2 Å². The summed E-state index contributed by atoms with van der Waals surface area (Å²) in [5.41, 5.74) is 0.508. The number of amides is 1. The van der Waals surface area contributed by atoms with Crippen LogP contribution in [0.25, 0.3) is 0 Å². The first-order valence-electron chi connectivity index (χ1n) is 8.38. The van der Waals surface area contributed by atoms with E-state index < -0.39 is 0 Å². The van der Waals surface area contributed by atoms with Gasteiger partial charge in [-0.3, -0.25) is 4.79 Å². The summed E-state index contributed by atoms with van der Waals surface area (Å²) in [6, 6.07) is 8.88. The van der Waals surface area contributed by atoms with E-state index in [0.717, 1.165) is 5.82 Å². The van der Waals surface area contributed by atoms with Crippen LogP contribution in [0.4, 0.5) is 5.82 Å². The van der Waals surface area contributed by atoms with Crippen molar-refractivity contribution in [2.45, 2.75) is 0 Å². The summed E-state index contributed by atoms with van der Waals surface area (Å²) in [4.78, 5) is 21.1. The molecule has 0 saturated carbocycles. The molecule has 3 heterocycles. The van der Waals surface area contributed by atoms with Gasteiger partial charge in [-0.2, -0.15) is 0 Å². The maximum atomic E-state index is 12.9. The Hall–Kier alpha value is -2.18. The number of carbonyl (C=O) groups excluding carboxylic acids is 1. The van der Waals surface area contributed by atoms with Crippen LogP contribution < -0.4 is 14.4 Å². The van der Waals surface area contributed by atoms with Crippen LogP contribution in [0.3, 0.4) is 0 Å². The van der Waals surface area contributed by atoms with E-state index in [-0.39, 0.29) is 5.91 Å². The van der Waals surface area contributed by atoms with Crippen LogP contribution >= 0.6 is 23.2 Å². The fraction of sp³-hybridized carbons (Fsp3) is 0.333. The molecule has 4 rings (SSSR count). The molecule has 0 radical (unpaired) electrons. The van der Waals surface area contributed by atoms with Gasteiger partial charge in [0.25, 0.3) is 5.91 Å². The summed E-state index contributed by atoms with van der Waals surface area (Å²) in [5, 5.41) is 0.860. The maximum absolute atomic E-state index is 12.9. The van der Waals surface area contributed by atoms with Crippen molar-refractivity contribution in [3.63, 3.8) is 0 Å². The molecular weight excluding hydrogens is 377 g/mol. The zero-order valence-corrected chi connectivity index (χ0v) is 15.5. The second kappa shape index (κ2) is 7.21. The highest BCUT2D eigenvalue weighted by Gasteiger charge is 2.25. The number of hydrogen-bond donors (Lipinski definition) is 0. The molecule has 6 nitrogen and oxygen atoms in total. The van der Waals surface area contributed by atoms with Crippen LogP contribution in [0.2, 0.25) is 10.2 Å². The number of benzene rings is 1. The van der Waals surface area contributed by atoms with E-state index >= 15 is 0 Å². The molecule has 0 spiro atoms. The number of rotatable bonds is 2. The third kappa shape index (κ3) is 3.39. The van der Waals surface area contributed by atoms with Crippen LogP contribution in [-0.2, 0) is 0 Å². The van der Waals surface area contributed by atoms with Gasteiger partial charge in [0.1, 0.15) is 24.2 Å². The highest BCUT2D eigenvalue weighted by Crippen LogP contribution is 2.38. The van der Waals surface area contributed by atoms with Crippen molar-refractivity contribution >= 4 is 34.9 Å². The van der Waals surface area contributed by atoms with Gasteiger partial charge in [0.05, 0.1) is 5.02 Å².